The van der Waals surface area contributed by atoms with Gasteiger partial charge in [0.1, 0.15) is 0 Å². The smallest absolute Gasteiger partial charge is 0.326 e. The lowest BCUT2D eigenvalue weighted by Crippen LogP contribution is -2.18. The third-order valence-electron chi connectivity index (χ3n) is 3.19. The molecule has 1 amide bonds. The van der Waals surface area contributed by atoms with E-state index in [0.717, 1.165) is 31.6 Å². The third-order valence-corrected chi connectivity index (χ3v) is 3.52. The van der Waals surface area contributed by atoms with Gasteiger partial charge in [-0.1, -0.05) is 11.6 Å². The zero-order valence-corrected chi connectivity index (χ0v) is 11.3. The SMILES string of the molecule is O=C(CC1CCNC1)Nc1ccc(Cl)c(C(F)(F)F)c1. The molecule has 20 heavy (non-hydrogen) atoms. The van der Waals surface area contributed by atoms with Crippen LogP contribution >= 0.6 is 11.6 Å². The van der Waals surface area contributed by atoms with E-state index in [-0.39, 0.29) is 22.5 Å². The molecule has 110 valence electrons. The number of carbonyl (C=O) groups excluding carboxylic acids is 1. The molecule has 7 heteroatoms. The molecule has 1 unspecified atom stereocenters. The number of hydrogen-bond donors (Lipinski definition) is 2. The van der Waals surface area contributed by atoms with Gasteiger partial charge in [-0.25, -0.2) is 0 Å². The summed E-state index contributed by atoms with van der Waals surface area (Å²) in [5.41, 5.74) is -0.836. The minimum Gasteiger partial charge on any atom is -0.326 e. The summed E-state index contributed by atoms with van der Waals surface area (Å²) in [7, 11) is 0. The van der Waals surface area contributed by atoms with Crippen LogP contribution in [-0.2, 0) is 11.0 Å². The van der Waals surface area contributed by atoms with Crippen LogP contribution < -0.4 is 10.6 Å². The first-order valence-electron chi connectivity index (χ1n) is 6.23. The average molecular weight is 307 g/mol. The molecule has 1 aliphatic heterocycles. The van der Waals surface area contributed by atoms with Gasteiger partial charge in [0.15, 0.2) is 0 Å². The number of alkyl halides is 3. The minimum atomic E-state index is -4.53. The minimum absolute atomic E-state index is 0.109. The van der Waals surface area contributed by atoms with Crippen LogP contribution in [0.2, 0.25) is 5.02 Å². The molecular weight excluding hydrogens is 293 g/mol. The number of halogens is 4. The van der Waals surface area contributed by atoms with Crippen molar-refractivity contribution in [1.29, 1.82) is 0 Å². The molecule has 0 aliphatic carbocycles. The number of benzene rings is 1. The highest BCUT2D eigenvalue weighted by molar-refractivity contribution is 6.31. The molecule has 1 aliphatic rings. The van der Waals surface area contributed by atoms with Gasteiger partial charge >= 0.3 is 6.18 Å². The van der Waals surface area contributed by atoms with E-state index < -0.39 is 11.7 Å². The lowest BCUT2D eigenvalue weighted by Gasteiger charge is -2.13. The van der Waals surface area contributed by atoms with Crippen molar-refractivity contribution >= 4 is 23.2 Å². The molecule has 1 aromatic rings. The number of anilines is 1. The van der Waals surface area contributed by atoms with Gasteiger partial charge in [0.25, 0.3) is 0 Å². The van der Waals surface area contributed by atoms with E-state index in [1.165, 1.54) is 6.07 Å². The first kappa shape index (κ1) is 15.1. The molecule has 0 saturated carbocycles. The van der Waals surface area contributed by atoms with Crippen molar-refractivity contribution in [2.45, 2.75) is 19.0 Å². The first-order chi connectivity index (χ1) is 9.36. The maximum absolute atomic E-state index is 12.7. The van der Waals surface area contributed by atoms with Crippen LogP contribution in [0, 0.1) is 5.92 Å². The Kier molecular flexibility index (Phi) is 4.55. The lowest BCUT2D eigenvalue weighted by molar-refractivity contribution is -0.137. The molecule has 0 spiro atoms. The van der Waals surface area contributed by atoms with E-state index >= 15 is 0 Å². The zero-order chi connectivity index (χ0) is 14.8. The van der Waals surface area contributed by atoms with Crippen LogP contribution in [-0.4, -0.2) is 19.0 Å². The molecule has 1 aromatic carbocycles. The fourth-order valence-electron chi connectivity index (χ4n) is 2.18. The average Bonchev–Trinajstić information content (AvgIpc) is 2.83. The van der Waals surface area contributed by atoms with Gasteiger partial charge in [0.05, 0.1) is 10.6 Å². The Morgan fingerprint density at radius 1 is 1.45 bits per heavy atom. The maximum Gasteiger partial charge on any atom is 0.417 e. The Hall–Kier alpha value is -1.27. The van der Waals surface area contributed by atoms with Crippen LogP contribution in [0.3, 0.4) is 0 Å². The Morgan fingerprint density at radius 2 is 2.20 bits per heavy atom. The molecule has 2 N–H and O–H groups in total. The monoisotopic (exact) mass is 306 g/mol. The van der Waals surface area contributed by atoms with E-state index in [0.29, 0.717) is 6.42 Å². The zero-order valence-electron chi connectivity index (χ0n) is 10.6. The summed E-state index contributed by atoms with van der Waals surface area (Å²) in [6, 6.07) is 3.35. The Balaban J connectivity index is 2.04. The lowest BCUT2D eigenvalue weighted by atomic mass is 10.0. The number of nitrogens with one attached hydrogen (secondary N) is 2. The van der Waals surface area contributed by atoms with Crippen LogP contribution in [0.4, 0.5) is 18.9 Å². The molecule has 1 heterocycles. The van der Waals surface area contributed by atoms with Crippen molar-refractivity contribution in [1.82, 2.24) is 5.32 Å². The summed E-state index contributed by atoms with van der Waals surface area (Å²) in [4.78, 5) is 11.8. The second kappa shape index (κ2) is 6.01. The highest BCUT2D eigenvalue weighted by Crippen LogP contribution is 2.36. The predicted octanol–water partition coefficient (Wildman–Crippen LogP) is 3.30. The van der Waals surface area contributed by atoms with E-state index in [2.05, 4.69) is 10.6 Å². The summed E-state index contributed by atoms with van der Waals surface area (Å²) in [6.07, 6.45) is -3.33. The van der Waals surface area contributed by atoms with Gasteiger partial charge in [0.2, 0.25) is 5.91 Å². The van der Waals surface area contributed by atoms with Crippen LogP contribution in [0.1, 0.15) is 18.4 Å². The molecule has 0 radical (unpaired) electrons. The third kappa shape index (κ3) is 3.86. The highest BCUT2D eigenvalue weighted by atomic mass is 35.5. The molecular formula is C13H14ClF3N2O. The van der Waals surface area contributed by atoms with Gasteiger partial charge < -0.3 is 10.6 Å². The second-order valence-corrected chi connectivity index (χ2v) is 5.21. The number of hydrogen-bond acceptors (Lipinski definition) is 2. The van der Waals surface area contributed by atoms with Crippen molar-refractivity contribution < 1.29 is 18.0 Å². The van der Waals surface area contributed by atoms with E-state index in [4.69, 9.17) is 11.6 Å². The number of amides is 1. The largest absolute Gasteiger partial charge is 0.417 e. The normalized spacial score (nSPS) is 19.1. The molecule has 0 bridgehead atoms. The number of carbonyl (C=O) groups is 1. The van der Waals surface area contributed by atoms with Crippen LogP contribution in [0.15, 0.2) is 18.2 Å². The maximum atomic E-state index is 12.7. The molecule has 0 aromatic heterocycles. The van der Waals surface area contributed by atoms with Gasteiger partial charge in [0, 0.05) is 12.1 Å². The molecule has 1 fully saturated rings. The fraction of sp³-hybridized carbons (Fsp3) is 0.462. The Morgan fingerprint density at radius 3 is 2.80 bits per heavy atom. The Labute approximate surface area is 119 Å². The Bertz CT molecular complexity index is 499. The van der Waals surface area contributed by atoms with Gasteiger partial charge in [-0.05, 0) is 43.6 Å². The molecule has 1 saturated heterocycles. The predicted molar refractivity (Wildman–Crippen MR) is 70.7 cm³/mol. The van der Waals surface area contributed by atoms with Crippen molar-refractivity contribution in [2.24, 2.45) is 5.92 Å². The van der Waals surface area contributed by atoms with Crippen molar-refractivity contribution in [3.05, 3.63) is 28.8 Å². The van der Waals surface area contributed by atoms with Crippen LogP contribution in [0.25, 0.3) is 0 Å². The molecule has 2 rings (SSSR count). The second-order valence-electron chi connectivity index (χ2n) is 4.80. The summed E-state index contributed by atoms with van der Waals surface area (Å²) in [5, 5.41) is 5.24. The number of rotatable bonds is 3. The van der Waals surface area contributed by atoms with Crippen molar-refractivity contribution in [2.75, 3.05) is 18.4 Å². The van der Waals surface area contributed by atoms with E-state index in [9.17, 15) is 18.0 Å². The van der Waals surface area contributed by atoms with E-state index in [1.807, 2.05) is 0 Å². The van der Waals surface area contributed by atoms with Gasteiger partial charge in [-0.15, -0.1) is 0 Å². The fourth-order valence-corrected chi connectivity index (χ4v) is 2.41. The highest BCUT2D eigenvalue weighted by Gasteiger charge is 2.33. The summed E-state index contributed by atoms with van der Waals surface area (Å²) in [5.74, 6) is -0.0430. The quantitative estimate of drug-likeness (QED) is 0.899. The van der Waals surface area contributed by atoms with Crippen LogP contribution in [0.5, 0.6) is 0 Å². The van der Waals surface area contributed by atoms with Gasteiger partial charge in [-0.2, -0.15) is 13.2 Å². The summed E-state index contributed by atoms with van der Waals surface area (Å²) < 4.78 is 38.1. The standard InChI is InChI=1S/C13H14ClF3N2O/c14-11-2-1-9(6-10(11)13(15,16)17)19-12(20)5-8-3-4-18-7-8/h1-2,6,8,18H,3-5,7H2,(H,19,20). The molecule has 3 nitrogen and oxygen atoms in total. The van der Waals surface area contributed by atoms with Crippen molar-refractivity contribution in [3.8, 4) is 0 Å². The van der Waals surface area contributed by atoms with Gasteiger partial charge in [-0.3, -0.25) is 4.79 Å². The summed E-state index contributed by atoms with van der Waals surface area (Å²) >= 11 is 5.51. The van der Waals surface area contributed by atoms with Crippen molar-refractivity contribution in [3.63, 3.8) is 0 Å². The topological polar surface area (TPSA) is 41.1 Å². The first-order valence-corrected chi connectivity index (χ1v) is 6.61. The molecule has 1 atom stereocenters. The van der Waals surface area contributed by atoms with E-state index in [1.54, 1.807) is 0 Å². The summed E-state index contributed by atoms with van der Waals surface area (Å²) in [6.45, 7) is 1.64.